The van der Waals surface area contributed by atoms with Crippen LogP contribution in [0.15, 0.2) is 17.0 Å². The molecule has 0 radical (unpaired) electrons. The third-order valence-corrected chi connectivity index (χ3v) is 1.19. The van der Waals surface area contributed by atoms with Gasteiger partial charge in [0.25, 0.3) is 0 Å². The number of rotatable bonds is 0. The Morgan fingerprint density at radius 3 is 2.50 bits per heavy atom. The molecule has 0 saturated heterocycles. The van der Waals surface area contributed by atoms with Gasteiger partial charge in [-0.3, -0.25) is 0 Å². The molecular formula is C4H2BrClN2. The summed E-state index contributed by atoms with van der Waals surface area (Å²) in [7, 11) is 0. The first-order valence-electron chi connectivity index (χ1n) is 1.92. The Bertz CT molecular complexity index is 153. The van der Waals surface area contributed by atoms with Crippen molar-refractivity contribution in [2.45, 2.75) is 0 Å². The van der Waals surface area contributed by atoms with E-state index in [0.29, 0.717) is 9.76 Å². The van der Waals surface area contributed by atoms with E-state index in [4.69, 9.17) is 11.6 Å². The van der Waals surface area contributed by atoms with Gasteiger partial charge in [0, 0.05) is 0 Å². The van der Waals surface area contributed by atoms with E-state index in [-0.39, 0.29) is 0 Å². The average Bonchev–Trinajstić information content (AvgIpc) is 1.77. The highest BCUT2D eigenvalue weighted by molar-refractivity contribution is 9.10. The molecule has 0 aliphatic carbocycles. The van der Waals surface area contributed by atoms with Crippen LogP contribution in [0, 0.1) is 0 Å². The zero-order valence-electron chi connectivity index (χ0n) is 3.81. The molecule has 1 aromatic heterocycles. The van der Waals surface area contributed by atoms with Crippen LogP contribution in [0.3, 0.4) is 0 Å². The van der Waals surface area contributed by atoms with Crippen molar-refractivity contribution in [2.75, 3.05) is 0 Å². The number of hydrogen-bond donors (Lipinski definition) is 0. The maximum absolute atomic E-state index is 5.42. The van der Waals surface area contributed by atoms with Gasteiger partial charge in [0.05, 0.1) is 12.4 Å². The first kappa shape index (κ1) is 5.98. The highest BCUT2D eigenvalue weighted by Crippen LogP contribution is 2.05. The first-order chi connectivity index (χ1) is 3.79. The third kappa shape index (κ3) is 1.42. The minimum Gasteiger partial charge on any atom is -0.245 e. The normalized spacial score (nSPS) is 9.25. The first-order valence-corrected chi connectivity index (χ1v) is 3.09. The molecule has 4 heteroatoms. The molecule has 0 aromatic carbocycles. The largest absolute Gasteiger partial charge is 0.245 e. The summed E-state index contributed by atoms with van der Waals surface area (Å²) in [6.07, 6.45) is 3.02. The van der Waals surface area contributed by atoms with Crippen LogP contribution in [-0.2, 0) is 0 Å². The SMILES string of the molecule is Clc1cnc(Br)cn1. The Morgan fingerprint density at radius 2 is 2.12 bits per heavy atom. The van der Waals surface area contributed by atoms with Gasteiger partial charge in [-0.2, -0.15) is 0 Å². The zero-order chi connectivity index (χ0) is 5.98. The van der Waals surface area contributed by atoms with Gasteiger partial charge in [-0.15, -0.1) is 0 Å². The fourth-order valence-electron chi connectivity index (χ4n) is 0.297. The predicted molar refractivity (Wildman–Crippen MR) is 34.7 cm³/mol. The molecule has 2 nitrogen and oxygen atoms in total. The quantitative estimate of drug-likeness (QED) is 0.629. The Kier molecular flexibility index (Phi) is 1.81. The van der Waals surface area contributed by atoms with E-state index in [1.165, 1.54) is 6.20 Å². The van der Waals surface area contributed by atoms with Crippen molar-refractivity contribution in [3.8, 4) is 0 Å². The lowest BCUT2D eigenvalue weighted by atomic mass is 10.8. The summed E-state index contributed by atoms with van der Waals surface area (Å²) in [6, 6.07) is 0. The van der Waals surface area contributed by atoms with Crippen molar-refractivity contribution in [3.05, 3.63) is 22.1 Å². The van der Waals surface area contributed by atoms with Gasteiger partial charge in [-0.05, 0) is 15.9 Å². The monoisotopic (exact) mass is 192 g/mol. The molecule has 0 fully saturated rings. The average molecular weight is 193 g/mol. The second kappa shape index (κ2) is 2.42. The van der Waals surface area contributed by atoms with Crippen molar-refractivity contribution in [1.29, 1.82) is 0 Å². The summed E-state index contributed by atoms with van der Waals surface area (Å²) in [6.45, 7) is 0. The minimum absolute atomic E-state index is 0.410. The van der Waals surface area contributed by atoms with Crippen LogP contribution in [0.25, 0.3) is 0 Å². The minimum atomic E-state index is 0.410. The van der Waals surface area contributed by atoms with Crippen molar-refractivity contribution < 1.29 is 0 Å². The number of nitrogens with zero attached hydrogens (tertiary/aromatic N) is 2. The molecule has 0 spiro atoms. The van der Waals surface area contributed by atoms with Crippen LogP contribution >= 0.6 is 27.5 Å². The fraction of sp³-hybridized carbons (Fsp3) is 0. The molecule has 0 amide bonds. The summed E-state index contributed by atoms with van der Waals surface area (Å²) in [5.74, 6) is 0. The van der Waals surface area contributed by atoms with Gasteiger partial charge in [-0.1, -0.05) is 11.6 Å². The van der Waals surface area contributed by atoms with Crippen LogP contribution in [0.1, 0.15) is 0 Å². The molecule has 1 aromatic rings. The topological polar surface area (TPSA) is 25.8 Å². The molecule has 8 heavy (non-hydrogen) atoms. The van der Waals surface area contributed by atoms with Crippen LogP contribution in [0.4, 0.5) is 0 Å². The number of halogens is 2. The summed E-state index contributed by atoms with van der Waals surface area (Å²) in [5, 5.41) is 0.410. The molecule has 0 saturated carbocycles. The molecule has 0 aliphatic heterocycles. The highest BCUT2D eigenvalue weighted by Gasteiger charge is 1.86. The molecule has 0 bridgehead atoms. The zero-order valence-corrected chi connectivity index (χ0v) is 6.15. The van der Waals surface area contributed by atoms with Crippen LogP contribution in [0.2, 0.25) is 5.15 Å². The maximum atomic E-state index is 5.42. The fourth-order valence-corrected chi connectivity index (χ4v) is 0.599. The molecule has 1 heterocycles. The van der Waals surface area contributed by atoms with E-state index in [0.717, 1.165) is 0 Å². The third-order valence-electron chi connectivity index (χ3n) is 0.589. The van der Waals surface area contributed by atoms with E-state index < -0.39 is 0 Å². The van der Waals surface area contributed by atoms with Crippen LogP contribution < -0.4 is 0 Å². The lowest BCUT2D eigenvalue weighted by Gasteiger charge is -1.85. The van der Waals surface area contributed by atoms with Crippen LogP contribution in [0.5, 0.6) is 0 Å². The lowest BCUT2D eigenvalue weighted by molar-refractivity contribution is 1.16. The molecule has 0 unspecified atom stereocenters. The van der Waals surface area contributed by atoms with Gasteiger partial charge in [-0.25, -0.2) is 9.97 Å². The van der Waals surface area contributed by atoms with E-state index in [9.17, 15) is 0 Å². The summed E-state index contributed by atoms with van der Waals surface area (Å²) in [4.78, 5) is 7.54. The van der Waals surface area contributed by atoms with Gasteiger partial charge in [0.15, 0.2) is 0 Å². The lowest BCUT2D eigenvalue weighted by Crippen LogP contribution is -1.76. The van der Waals surface area contributed by atoms with Gasteiger partial charge in [0.1, 0.15) is 9.76 Å². The summed E-state index contributed by atoms with van der Waals surface area (Å²) >= 11 is 8.53. The Hall–Kier alpha value is -0.150. The number of aromatic nitrogens is 2. The standard InChI is InChI=1S/C4H2BrClN2/c5-3-1-8-4(6)2-7-3/h1-2H. The molecule has 1 rings (SSSR count). The van der Waals surface area contributed by atoms with Crippen molar-refractivity contribution in [2.24, 2.45) is 0 Å². The molecule has 0 atom stereocenters. The Balaban J connectivity index is 3.03. The van der Waals surface area contributed by atoms with Crippen molar-refractivity contribution in [3.63, 3.8) is 0 Å². The Morgan fingerprint density at radius 1 is 1.38 bits per heavy atom. The van der Waals surface area contributed by atoms with E-state index in [2.05, 4.69) is 25.9 Å². The van der Waals surface area contributed by atoms with E-state index in [1.54, 1.807) is 6.20 Å². The second-order valence-corrected chi connectivity index (χ2v) is 2.36. The molecule has 42 valence electrons. The van der Waals surface area contributed by atoms with E-state index in [1.807, 2.05) is 0 Å². The van der Waals surface area contributed by atoms with E-state index >= 15 is 0 Å². The van der Waals surface area contributed by atoms with Gasteiger partial charge < -0.3 is 0 Å². The summed E-state index contributed by atoms with van der Waals surface area (Å²) < 4.78 is 0.696. The highest BCUT2D eigenvalue weighted by atomic mass is 79.9. The predicted octanol–water partition coefficient (Wildman–Crippen LogP) is 1.89. The summed E-state index contributed by atoms with van der Waals surface area (Å²) in [5.41, 5.74) is 0. The van der Waals surface area contributed by atoms with Crippen LogP contribution in [-0.4, -0.2) is 9.97 Å². The Labute approximate surface area is 60.0 Å². The van der Waals surface area contributed by atoms with Crippen molar-refractivity contribution in [1.82, 2.24) is 9.97 Å². The smallest absolute Gasteiger partial charge is 0.147 e. The molecule has 0 aliphatic rings. The van der Waals surface area contributed by atoms with Gasteiger partial charge in [0.2, 0.25) is 0 Å². The maximum Gasteiger partial charge on any atom is 0.147 e. The molecular weight excluding hydrogens is 191 g/mol. The number of hydrogen-bond acceptors (Lipinski definition) is 2. The second-order valence-electron chi connectivity index (χ2n) is 1.16. The van der Waals surface area contributed by atoms with Crippen molar-refractivity contribution >= 4 is 27.5 Å². The molecule has 0 N–H and O–H groups in total. The van der Waals surface area contributed by atoms with Gasteiger partial charge >= 0.3 is 0 Å².